The van der Waals surface area contributed by atoms with Crippen LogP contribution in [0.2, 0.25) is 0 Å². The molecule has 1 atom stereocenters. The summed E-state index contributed by atoms with van der Waals surface area (Å²) in [7, 11) is 1.12. The van der Waals surface area contributed by atoms with Crippen LogP contribution in [0.5, 0.6) is 23.0 Å². The van der Waals surface area contributed by atoms with E-state index in [4.69, 9.17) is 9.47 Å². The van der Waals surface area contributed by atoms with Gasteiger partial charge in [0.05, 0.1) is 14.2 Å². The van der Waals surface area contributed by atoms with Gasteiger partial charge in [0, 0.05) is 11.5 Å². The molecular formula is C19H19NO6S. The van der Waals surface area contributed by atoms with E-state index in [1.807, 2.05) is 0 Å². The lowest BCUT2D eigenvalue weighted by molar-refractivity contribution is -0.114. The number of ether oxygens (including phenoxy) is 2. The summed E-state index contributed by atoms with van der Waals surface area (Å²) in [5.41, 5.74) is 1.29. The molecule has 0 fully saturated rings. The van der Waals surface area contributed by atoms with Gasteiger partial charge in [0.25, 0.3) is 5.91 Å². The summed E-state index contributed by atoms with van der Waals surface area (Å²) in [5, 5.41) is 20.4. The van der Waals surface area contributed by atoms with Crippen LogP contribution in [0.25, 0.3) is 12.2 Å². The number of hydrogen-bond acceptors (Lipinski definition) is 6. The molecule has 2 rings (SSSR count). The van der Waals surface area contributed by atoms with Crippen molar-refractivity contribution >= 4 is 29.0 Å². The van der Waals surface area contributed by atoms with E-state index in [9.17, 15) is 19.2 Å². The highest BCUT2D eigenvalue weighted by atomic mass is 32.2. The molecule has 0 bridgehead atoms. The van der Waals surface area contributed by atoms with E-state index in [0.29, 0.717) is 16.9 Å². The van der Waals surface area contributed by atoms with Crippen LogP contribution in [0.4, 0.5) is 0 Å². The molecule has 1 amide bonds. The van der Waals surface area contributed by atoms with Crippen molar-refractivity contribution in [3.05, 3.63) is 59.0 Å². The normalized spacial score (nSPS) is 12.2. The van der Waals surface area contributed by atoms with E-state index in [1.165, 1.54) is 50.0 Å². The number of carbonyl (C=O) groups excluding carboxylic acids is 1. The van der Waals surface area contributed by atoms with E-state index in [0.717, 1.165) is 0 Å². The van der Waals surface area contributed by atoms with Gasteiger partial charge < -0.3 is 19.7 Å². The third-order valence-corrected chi connectivity index (χ3v) is 4.21. The fourth-order valence-electron chi connectivity index (χ4n) is 2.08. The molecule has 0 aliphatic rings. The largest absolute Gasteiger partial charge is 0.504 e. The highest BCUT2D eigenvalue weighted by Crippen LogP contribution is 2.27. The summed E-state index contributed by atoms with van der Waals surface area (Å²) >= 11 is 0. The average molecular weight is 389 g/mol. The number of amides is 1. The fraction of sp³-hybridized carbons (Fsp3) is 0.105. The van der Waals surface area contributed by atoms with E-state index < -0.39 is 16.9 Å². The van der Waals surface area contributed by atoms with Crippen LogP contribution in [0, 0.1) is 0 Å². The molecule has 0 radical (unpaired) electrons. The lowest BCUT2D eigenvalue weighted by Gasteiger charge is -2.04. The Balaban J connectivity index is 1.96. The lowest BCUT2D eigenvalue weighted by atomic mass is 10.2. The van der Waals surface area contributed by atoms with Gasteiger partial charge in [-0.3, -0.25) is 9.52 Å². The van der Waals surface area contributed by atoms with Crippen molar-refractivity contribution in [2.45, 2.75) is 0 Å². The number of rotatable bonds is 7. The second-order valence-electron chi connectivity index (χ2n) is 5.26. The summed E-state index contributed by atoms with van der Waals surface area (Å²) in [6.07, 6.45) is 4.26. The van der Waals surface area contributed by atoms with Crippen molar-refractivity contribution in [3.63, 3.8) is 0 Å². The zero-order chi connectivity index (χ0) is 19.8. The first-order chi connectivity index (χ1) is 12.9. The lowest BCUT2D eigenvalue weighted by Crippen LogP contribution is -2.21. The van der Waals surface area contributed by atoms with Crippen molar-refractivity contribution in [1.82, 2.24) is 4.72 Å². The maximum atomic E-state index is 11.9. The molecule has 0 aliphatic carbocycles. The van der Waals surface area contributed by atoms with Gasteiger partial charge in [-0.2, -0.15) is 0 Å². The molecule has 0 saturated carbocycles. The Kier molecular flexibility index (Phi) is 7.01. The molecule has 142 valence electrons. The van der Waals surface area contributed by atoms with Gasteiger partial charge in [-0.1, -0.05) is 12.1 Å². The Morgan fingerprint density at radius 1 is 0.963 bits per heavy atom. The standard InChI is InChI=1S/C19H19NO6S/c1-25-17-11-13(3-6-15(17)21)5-8-19(23)20-27(24)10-9-14-4-7-16(22)18(12-14)26-2/h3-12,21-22H,1-2H3,(H,20,23)/b8-5-,10-9+. The summed E-state index contributed by atoms with van der Waals surface area (Å²) in [4.78, 5) is 11.8. The maximum Gasteiger partial charge on any atom is 0.255 e. The minimum Gasteiger partial charge on any atom is -0.504 e. The second kappa shape index (κ2) is 9.44. The van der Waals surface area contributed by atoms with Crippen LogP contribution < -0.4 is 14.2 Å². The van der Waals surface area contributed by atoms with Crippen LogP contribution in [0.15, 0.2) is 47.9 Å². The van der Waals surface area contributed by atoms with Crippen LogP contribution >= 0.6 is 0 Å². The Morgan fingerprint density at radius 3 is 2.00 bits per heavy atom. The van der Waals surface area contributed by atoms with E-state index in [-0.39, 0.29) is 17.2 Å². The maximum absolute atomic E-state index is 11.9. The fourth-order valence-corrected chi connectivity index (χ4v) is 2.69. The van der Waals surface area contributed by atoms with Crippen molar-refractivity contribution in [2.24, 2.45) is 0 Å². The first-order valence-corrected chi connectivity index (χ1v) is 8.95. The Labute approximate surface area is 159 Å². The minimum atomic E-state index is -1.73. The van der Waals surface area contributed by atoms with Gasteiger partial charge in [0.15, 0.2) is 23.0 Å². The SMILES string of the molecule is COc1cc(/C=C\C(=O)NS(=O)/C=C/c2ccc(O)c(OC)c2)ccc1O. The van der Waals surface area contributed by atoms with Crippen LogP contribution in [-0.4, -0.2) is 34.5 Å². The quantitative estimate of drug-likeness (QED) is 0.629. The third kappa shape index (κ3) is 5.89. The van der Waals surface area contributed by atoms with Gasteiger partial charge in [0.2, 0.25) is 0 Å². The number of phenols is 2. The van der Waals surface area contributed by atoms with E-state index >= 15 is 0 Å². The molecule has 2 aromatic carbocycles. The molecule has 0 aromatic heterocycles. The third-order valence-electron chi connectivity index (χ3n) is 3.42. The van der Waals surface area contributed by atoms with Gasteiger partial charge in [0.1, 0.15) is 11.0 Å². The average Bonchev–Trinajstić information content (AvgIpc) is 2.66. The van der Waals surface area contributed by atoms with Crippen molar-refractivity contribution in [3.8, 4) is 23.0 Å². The molecular weight excluding hydrogens is 370 g/mol. The molecule has 0 saturated heterocycles. The number of aromatic hydroxyl groups is 2. The van der Waals surface area contributed by atoms with Gasteiger partial charge in [-0.05, 0) is 47.5 Å². The number of carbonyl (C=O) groups is 1. The molecule has 3 N–H and O–H groups in total. The number of benzene rings is 2. The number of hydrogen-bond donors (Lipinski definition) is 3. The number of phenolic OH excluding ortho intramolecular Hbond substituents is 2. The first-order valence-electron chi connectivity index (χ1n) is 7.74. The molecule has 0 aliphatic heterocycles. The second-order valence-corrected chi connectivity index (χ2v) is 6.33. The summed E-state index contributed by atoms with van der Waals surface area (Å²) in [5.74, 6) is 0.0252. The number of nitrogens with one attached hydrogen (secondary N) is 1. The highest BCUT2D eigenvalue weighted by Gasteiger charge is 2.04. The highest BCUT2D eigenvalue weighted by molar-refractivity contribution is 7.86. The van der Waals surface area contributed by atoms with Gasteiger partial charge >= 0.3 is 0 Å². The van der Waals surface area contributed by atoms with Gasteiger partial charge in [-0.15, -0.1) is 0 Å². The predicted octanol–water partition coefficient (Wildman–Crippen LogP) is 2.58. The monoisotopic (exact) mass is 389 g/mol. The zero-order valence-corrected chi connectivity index (χ0v) is 15.5. The zero-order valence-electron chi connectivity index (χ0n) is 14.7. The van der Waals surface area contributed by atoms with Crippen LogP contribution in [0.1, 0.15) is 11.1 Å². The molecule has 8 heteroatoms. The molecule has 2 aromatic rings. The van der Waals surface area contributed by atoms with Crippen molar-refractivity contribution < 1.29 is 28.7 Å². The molecule has 0 spiro atoms. The molecule has 27 heavy (non-hydrogen) atoms. The smallest absolute Gasteiger partial charge is 0.255 e. The predicted molar refractivity (Wildman–Crippen MR) is 104 cm³/mol. The minimum absolute atomic E-state index is 0.0000682. The van der Waals surface area contributed by atoms with Crippen molar-refractivity contribution in [2.75, 3.05) is 14.2 Å². The summed E-state index contributed by atoms with van der Waals surface area (Å²) < 4.78 is 24.2. The Bertz CT molecular complexity index is 834. The topological polar surface area (TPSA) is 105 Å². The van der Waals surface area contributed by atoms with E-state index in [1.54, 1.807) is 24.3 Å². The van der Waals surface area contributed by atoms with Crippen LogP contribution in [0.3, 0.4) is 0 Å². The molecule has 0 heterocycles. The molecule has 7 nitrogen and oxygen atoms in total. The summed E-state index contributed by atoms with van der Waals surface area (Å²) in [6.45, 7) is 0. The van der Waals surface area contributed by atoms with Crippen molar-refractivity contribution in [1.29, 1.82) is 0 Å². The van der Waals surface area contributed by atoms with Gasteiger partial charge in [-0.25, -0.2) is 4.21 Å². The van der Waals surface area contributed by atoms with E-state index in [2.05, 4.69) is 4.72 Å². The first kappa shape index (κ1) is 20.1. The summed E-state index contributed by atoms with van der Waals surface area (Å²) in [6, 6.07) is 9.26. The Morgan fingerprint density at radius 2 is 1.48 bits per heavy atom. The Hall–Kier alpha value is -3.26. The van der Waals surface area contributed by atoms with Crippen LogP contribution in [-0.2, 0) is 15.8 Å². The number of methoxy groups -OCH3 is 2. The molecule has 1 unspecified atom stereocenters.